The molecule has 2 heterocycles. The van der Waals surface area contributed by atoms with E-state index in [-0.39, 0.29) is 0 Å². The summed E-state index contributed by atoms with van der Waals surface area (Å²) in [4.78, 5) is 2.70. The van der Waals surface area contributed by atoms with Crippen LogP contribution >= 0.6 is 0 Å². The first-order valence-corrected chi connectivity index (χ1v) is 7.40. The Bertz CT molecular complexity index is 232. The Labute approximate surface area is 107 Å². The molecule has 2 saturated heterocycles. The van der Waals surface area contributed by atoms with Crippen molar-refractivity contribution in [3.63, 3.8) is 0 Å². The molecule has 1 atom stereocenters. The normalized spacial score (nSPS) is 26.8. The van der Waals surface area contributed by atoms with Gasteiger partial charge in [-0.3, -0.25) is 0 Å². The monoisotopic (exact) mass is 238 g/mol. The molecule has 0 aromatic heterocycles. The molecule has 2 fully saturated rings. The molecule has 2 nitrogen and oxygen atoms in total. The van der Waals surface area contributed by atoms with Crippen LogP contribution in [0.25, 0.3) is 0 Å². The van der Waals surface area contributed by atoms with Crippen molar-refractivity contribution in [3.8, 4) is 0 Å². The van der Waals surface area contributed by atoms with Crippen LogP contribution in [0.4, 0.5) is 0 Å². The molecule has 1 unspecified atom stereocenters. The van der Waals surface area contributed by atoms with Gasteiger partial charge in [0.2, 0.25) is 0 Å². The predicted octanol–water partition coefficient (Wildman–Crippen LogP) is 2.60. The van der Waals surface area contributed by atoms with Gasteiger partial charge in [0.05, 0.1) is 0 Å². The highest BCUT2D eigenvalue weighted by molar-refractivity contribution is 4.84. The highest BCUT2D eigenvalue weighted by Crippen LogP contribution is 2.34. The average molecular weight is 238 g/mol. The second kappa shape index (κ2) is 5.27. The lowest BCUT2D eigenvalue weighted by Crippen LogP contribution is -2.49. The zero-order chi connectivity index (χ0) is 12.5. The molecule has 2 aliphatic rings. The molecule has 2 rings (SSSR count). The van der Waals surface area contributed by atoms with E-state index in [1.54, 1.807) is 0 Å². The van der Waals surface area contributed by atoms with Crippen molar-refractivity contribution in [1.29, 1.82) is 0 Å². The Morgan fingerprint density at radius 3 is 2.18 bits per heavy atom. The highest BCUT2D eigenvalue weighted by Gasteiger charge is 2.30. The summed E-state index contributed by atoms with van der Waals surface area (Å²) in [7, 11) is 0. The minimum absolute atomic E-state index is 0.510. The molecule has 0 radical (unpaired) electrons. The Hall–Kier alpha value is -0.0800. The van der Waals surface area contributed by atoms with Gasteiger partial charge in [-0.1, -0.05) is 27.7 Å². The fourth-order valence-electron chi connectivity index (χ4n) is 3.25. The molecule has 0 saturated carbocycles. The SMILES string of the molecule is CC(CN1CCC(C(C)(C)C)CC1)C1CNC1. The van der Waals surface area contributed by atoms with Crippen molar-refractivity contribution in [2.45, 2.75) is 40.5 Å². The van der Waals surface area contributed by atoms with Gasteiger partial charge < -0.3 is 10.2 Å². The fraction of sp³-hybridized carbons (Fsp3) is 1.00. The first-order valence-electron chi connectivity index (χ1n) is 7.40. The number of likely N-dealkylation sites (tertiary alicyclic amines) is 1. The Kier molecular flexibility index (Phi) is 4.14. The molecule has 100 valence electrons. The molecule has 2 heteroatoms. The van der Waals surface area contributed by atoms with E-state index < -0.39 is 0 Å². The molecule has 17 heavy (non-hydrogen) atoms. The van der Waals surface area contributed by atoms with E-state index in [1.165, 1.54) is 45.6 Å². The van der Waals surface area contributed by atoms with Crippen molar-refractivity contribution in [2.24, 2.45) is 23.2 Å². The van der Waals surface area contributed by atoms with Crippen molar-refractivity contribution < 1.29 is 0 Å². The van der Waals surface area contributed by atoms with Crippen molar-refractivity contribution in [2.75, 3.05) is 32.7 Å². The maximum Gasteiger partial charge on any atom is 0.00106 e. The first-order chi connectivity index (χ1) is 7.97. The summed E-state index contributed by atoms with van der Waals surface area (Å²) >= 11 is 0. The lowest BCUT2D eigenvalue weighted by molar-refractivity contribution is 0.0875. The molecule has 0 amide bonds. The number of rotatable bonds is 3. The van der Waals surface area contributed by atoms with E-state index in [2.05, 4.69) is 37.9 Å². The van der Waals surface area contributed by atoms with Gasteiger partial charge in [-0.25, -0.2) is 0 Å². The summed E-state index contributed by atoms with van der Waals surface area (Å²) in [6.07, 6.45) is 2.80. The third-order valence-corrected chi connectivity index (χ3v) is 4.98. The molecule has 0 bridgehead atoms. The fourth-order valence-corrected chi connectivity index (χ4v) is 3.25. The summed E-state index contributed by atoms with van der Waals surface area (Å²) in [6.45, 7) is 16.1. The first kappa shape index (κ1) is 13.4. The Morgan fingerprint density at radius 2 is 1.76 bits per heavy atom. The van der Waals surface area contributed by atoms with E-state index in [1.807, 2.05) is 0 Å². The molecule has 1 N–H and O–H groups in total. The standard InChI is InChI=1S/C15H30N2/c1-12(13-9-16-10-13)11-17-7-5-14(6-8-17)15(2,3)4/h12-14,16H,5-11H2,1-4H3. The van der Waals surface area contributed by atoms with Gasteiger partial charge in [0.1, 0.15) is 0 Å². The number of nitrogens with zero attached hydrogens (tertiary/aromatic N) is 1. The zero-order valence-electron chi connectivity index (χ0n) is 12.1. The maximum absolute atomic E-state index is 3.39. The molecular weight excluding hydrogens is 208 g/mol. The minimum atomic E-state index is 0.510. The van der Waals surface area contributed by atoms with Gasteiger partial charge in [0.25, 0.3) is 0 Å². The van der Waals surface area contributed by atoms with Crippen molar-refractivity contribution in [3.05, 3.63) is 0 Å². The van der Waals surface area contributed by atoms with Crippen LogP contribution in [0.5, 0.6) is 0 Å². The lowest BCUT2D eigenvalue weighted by Gasteiger charge is -2.41. The number of piperidine rings is 1. The van der Waals surface area contributed by atoms with Gasteiger partial charge >= 0.3 is 0 Å². The van der Waals surface area contributed by atoms with Crippen LogP contribution in [0, 0.1) is 23.2 Å². The number of hydrogen-bond donors (Lipinski definition) is 1. The summed E-state index contributed by atoms with van der Waals surface area (Å²) in [5, 5.41) is 3.39. The molecule has 0 aromatic rings. The molecule has 0 aromatic carbocycles. The van der Waals surface area contributed by atoms with Crippen LogP contribution in [-0.4, -0.2) is 37.6 Å². The predicted molar refractivity (Wildman–Crippen MR) is 74.1 cm³/mol. The average Bonchev–Trinajstić information content (AvgIpc) is 2.13. The second-order valence-electron chi connectivity index (χ2n) is 7.34. The Balaban J connectivity index is 1.71. The van der Waals surface area contributed by atoms with Crippen LogP contribution in [-0.2, 0) is 0 Å². The molecular formula is C15H30N2. The zero-order valence-corrected chi connectivity index (χ0v) is 12.1. The number of hydrogen-bond acceptors (Lipinski definition) is 2. The van der Waals surface area contributed by atoms with E-state index in [0.29, 0.717) is 5.41 Å². The van der Waals surface area contributed by atoms with Crippen molar-refractivity contribution >= 4 is 0 Å². The smallest absolute Gasteiger partial charge is 0.00106 e. The van der Waals surface area contributed by atoms with E-state index in [9.17, 15) is 0 Å². The van der Waals surface area contributed by atoms with Crippen LogP contribution in [0.1, 0.15) is 40.5 Å². The van der Waals surface area contributed by atoms with Crippen LogP contribution in [0.2, 0.25) is 0 Å². The van der Waals surface area contributed by atoms with Gasteiger partial charge in [0.15, 0.2) is 0 Å². The summed E-state index contributed by atoms with van der Waals surface area (Å²) in [6, 6.07) is 0. The molecule has 0 spiro atoms. The lowest BCUT2D eigenvalue weighted by atomic mass is 9.75. The van der Waals surface area contributed by atoms with E-state index in [0.717, 1.165) is 17.8 Å². The largest absolute Gasteiger partial charge is 0.316 e. The number of nitrogens with one attached hydrogen (secondary N) is 1. The molecule has 2 aliphatic heterocycles. The van der Waals surface area contributed by atoms with E-state index in [4.69, 9.17) is 0 Å². The van der Waals surface area contributed by atoms with Gasteiger partial charge in [-0.15, -0.1) is 0 Å². The molecule has 0 aliphatic carbocycles. The topological polar surface area (TPSA) is 15.3 Å². The quantitative estimate of drug-likeness (QED) is 0.813. The van der Waals surface area contributed by atoms with Gasteiger partial charge in [-0.2, -0.15) is 0 Å². The van der Waals surface area contributed by atoms with Crippen LogP contribution in [0.3, 0.4) is 0 Å². The van der Waals surface area contributed by atoms with Crippen LogP contribution < -0.4 is 5.32 Å². The van der Waals surface area contributed by atoms with E-state index >= 15 is 0 Å². The second-order valence-corrected chi connectivity index (χ2v) is 7.34. The summed E-state index contributed by atoms with van der Waals surface area (Å²) in [5.41, 5.74) is 0.510. The summed E-state index contributed by atoms with van der Waals surface area (Å²) in [5.74, 6) is 2.75. The van der Waals surface area contributed by atoms with Crippen molar-refractivity contribution in [1.82, 2.24) is 10.2 Å². The van der Waals surface area contributed by atoms with Gasteiger partial charge in [0, 0.05) is 6.54 Å². The van der Waals surface area contributed by atoms with Gasteiger partial charge in [-0.05, 0) is 62.2 Å². The highest BCUT2D eigenvalue weighted by atomic mass is 15.1. The maximum atomic E-state index is 3.39. The minimum Gasteiger partial charge on any atom is -0.316 e. The summed E-state index contributed by atoms with van der Waals surface area (Å²) < 4.78 is 0. The third-order valence-electron chi connectivity index (χ3n) is 4.98. The Morgan fingerprint density at radius 1 is 1.18 bits per heavy atom. The third kappa shape index (κ3) is 3.45. The van der Waals surface area contributed by atoms with Crippen LogP contribution in [0.15, 0.2) is 0 Å².